The van der Waals surface area contributed by atoms with E-state index in [4.69, 9.17) is 4.74 Å². The van der Waals surface area contributed by atoms with E-state index >= 15 is 0 Å². The Labute approximate surface area is 155 Å². The van der Waals surface area contributed by atoms with Gasteiger partial charge in [0.05, 0.1) is 17.6 Å². The SMILES string of the molecule is COC(=O)c1cc([N+](=O)[O-])ccc1N[C@H](C)c1ccc2c(c1)CCC(=O)N2. The Kier molecular flexibility index (Phi) is 5.07. The lowest BCUT2D eigenvalue weighted by atomic mass is 9.97. The minimum Gasteiger partial charge on any atom is -0.465 e. The molecular formula is C19H19N3O5. The van der Waals surface area contributed by atoms with Crippen molar-refractivity contribution in [3.63, 3.8) is 0 Å². The molecule has 0 unspecified atom stereocenters. The molecule has 0 spiro atoms. The lowest BCUT2D eigenvalue weighted by Crippen LogP contribution is -2.19. The van der Waals surface area contributed by atoms with E-state index in [1.54, 1.807) is 0 Å². The number of nitro benzene ring substituents is 1. The fourth-order valence-corrected chi connectivity index (χ4v) is 3.04. The molecule has 3 rings (SSSR count). The minimum atomic E-state index is -0.651. The number of aryl methyl sites for hydroxylation is 1. The third-order valence-electron chi connectivity index (χ3n) is 4.52. The molecule has 140 valence electrons. The molecular weight excluding hydrogens is 350 g/mol. The molecule has 8 heteroatoms. The lowest BCUT2D eigenvalue weighted by Gasteiger charge is -2.21. The molecule has 0 saturated carbocycles. The maximum Gasteiger partial charge on any atom is 0.340 e. The first-order chi connectivity index (χ1) is 12.9. The fraction of sp³-hybridized carbons (Fsp3) is 0.263. The summed E-state index contributed by atoms with van der Waals surface area (Å²) in [6, 6.07) is 9.63. The summed E-state index contributed by atoms with van der Waals surface area (Å²) in [5.41, 5.74) is 3.21. The van der Waals surface area contributed by atoms with Gasteiger partial charge in [-0.15, -0.1) is 0 Å². The van der Waals surface area contributed by atoms with Gasteiger partial charge in [-0.25, -0.2) is 4.79 Å². The number of methoxy groups -OCH3 is 1. The van der Waals surface area contributed by atoms with Crippen LogP contribution in [0.4, 0.5) is 17.1 Å². The van der Waals surface area contributed by atoms with Crippen molar-refractivity contribution in [1.29, 1.82) is 0 Å². The average Bonchev–Trinajstić information content (AvgIpc) is 2.66. The Morgan fingerprint density at radius 1 is 1.26 bits per heavy atom. The molecule has 0 aromatic heterocycles. The molecule has 0 saturated heterocycles. The number of non-ortho nitro benzene ring substituents is 1. The van der Waals surface area contributed by atoms with Crippen LogP contribution in [0, 0.1) is 10.1 Å². The van der Waals surface area contributed by atoms with Crippen molar-refractivity contribution in [3.8, 4) is 0 Å². The third kappa shape index (κ3) is 3.89. The predicted octanol–water partition coefficient (Wildman–Crippen LogP) is 3.44. The number of ether oxygens (including phenoxy) is 1. The summed E-state index contributed by atoms with van der Waals surface area (Å²) in [6.07, 6.45) is 1.12. The van der Waals surface area contributed by atoms with Crippen molar-refractivity contribution < 1.29 is 19.2 Å². The molecule has 8 nitrogen and oxygen atoms in total. The molecule has 1 atom stereocenters. The van der Waals surface area contributed by atoms with Crippen LogP contribution in [0.5, 0.6) is 0 Å². The van der Waals surface area contributed by atoms with Gasteiger partial charge in [-0.3, -0.25) is 14.9 Å². The van der Waals surface area contributed by atoms with E-state index in [1.165, 1.54) is 25.3 Å². The van der Waals surface area contributed by atoms with Crippen molar-refractivity contribution in [3.05, 3.63) is 63.2 Å². The van der Waals surface area contributed by atoms with E-state index in [0.717, 1.165) is 16.8 Å². The van der Waals surface area contributed by atoms with Crippen LogP contribution in [0.2, 0.25) is 0 Å². The van der Waals surface area contributed by atoms with Gasteiger partial charge in [-0.1, -0.05) is 12.1 Å². The number of rotatable bonds is 5. The van der Waals surface area contributed by atoms with E-state index in [1.807, 2.05) is 25.1 Å². The molecule has 2 aromatic carbocycles. The fourth-order valence-electron chi connectivity index (χ4n) is 3.04. The van der Waals surface area contributed by atoms with Crippen molar-refractivity contribution in [1.82, 2.24) is 0 Å². The molecule has 2 N–H and O–H groups in total. The normalized spacial score (nSPS) is 13.9. The van der Waals surface area contributed by atoms with E-state index in [2.05, 4.69) is 10.6 Å². The number of hydrogen-bond acceptors (Lipinski definition) is 6. The van der Waals surface area contributed by atoms with Crippen LogP contribution >= 0.6 is 0 Å². The van der Waals surface area contributed by atoms with Gasteiger partial charge in [-0.05, 0) is 36.6 Å². The molecule has 0 fully saturated rings. The van der Waals surface area contributed by atoms with Crippen LogP contribution < -0.4 is 10.6 Å². The molecule has 1 aliphatic heterocycles. The second-order valence-electron chi connectivity index (χ2n) is 6.31. The summed E-state index contributed by atoms with van der Waals surface area (Å²) in [6.45, 7) is 1.92. The predicted molar refractivity (Wildman–Crippen MR) is 99.9 cm³/mol. The number of nitrogens with one attached hydrogen (secondary N) is 2. The minimum absolute atomic E-state index is 0.00928. The molecule has 1 amide bonds. The van der Waals surface area contributed by atoms with E-state index in [9.17, 15) is 19.7 Å². The standard InChI is InChI=1S/C19H19N3O5/c1-11(12-3-6-16-13(9-12)4-8-18(23)21-16)20-17-7-5-14(22(25)26)10-15(17)19(24)27-2/h3,5-7,9-11,20H,4,8H2,1-2H3,(H,21,23)/t11-/m1/s1. The molecule has 2 aromatic rings. The molecule has 0 aliphatic carbocycles. The summed E-state index contributed by atoms with van der Waals surface area (Å²) in [5, 5.41) is 17.0. The summed E-state index contributed by atoms with van der Waals surface area (Å²) < 4.78 is 4.74. The highest BCUT2D eigenvalue weighted by Gasteiger charge is 2.20. The number of benzene rings is 2. The highest BCUT2D eigenvalue weighted by molar-refractivity contribution is 5.96. The molecule has 0 bridgehead atoms. The van der Waals surface area contributed by atoms with Gasteiger partial charge < -0.3 is 15.4 Å². The highest BCUT2D eigenvalue weighted by atomic mass is 16.6. The first-order valence-electron chi connectivity index (χ1n) is 8.45. The first kappa shape index (κ1) is 18.4. The highest BCUT2D eigenvalue weighted by Crippen LogP contribution is 2.30. The van der Waals surface area contributed by atoms with Crippen molar-refractivity contribution in [2.45, 2.75) is 25.8 Å². The smallest absolute Gasteiger partial charge is 0.340 e. The molecule has 27 heavy (non-hydrogen) atoms. The zero-order valence-corrected chi connectivity index (χ0v) is 14.9. The van der Waals surface area contributed by atoms with Crippen molar-refractivity contribution in [2.24, 2.45) is 0 Å². The van der Waals surface area contributed by atoms with Crippen LogP contribution in [0.15, 0.2) is 36.4 Å². The number of carbonyl (C=O) groups excluding carboxylic acids is 2. The summed E-state index contributed by atoms with van der Waals surface area (Å²) in [4.78, 5) is 33.9. The maximum atomic E-state index is 12.0. The maximum absolute atomic E-state index is 12.0. The summed E-state index contributed by atoms with van der Waals surface area (Å²) >= 11 is 0. The average molecular weight is 369 g/mol. The second-order valence-corrected chi connectivity index (χ2v) is 6.31. The number of fused-ring (bicyclic) bond motifs is 1. The number of carbonyl (C=O) groups is 2. The number of hydrogen-bond donors (Lipinski definition) is 2. The molecule has 1 aliphatic rings. The zero-order chi connectivity index (χ0) is 19.6. The molecule has 0 radical (unpaired) electrons. The Hall–Kier alpha value is -3.42. The van der Waals surface area contributed by atoms with Gasteiger partial charge in [0.2, 0.25) is 5.91 Å². The van der Waals surface area contributed by atoms with E-state index in [-0.39, 0.29) is 23.2 Å². The van der Waals surface area contributed by atoms with Gasteiger partial charge in [-0.2, -0.15) is 0 Å². The van der Waals surface area contributed by atoms with E-state index < -0.39 is 10.9 Å². The number of nitro groups is 1. The summed E-state index contributed by atoms with van der Waals surface area (Å²) in [5.74, 6) is -0.642. The van der Waals surface area contributed by atoms with Crippen molar-refractivity contribution in [2.75, 3.05) is 17.7 Å². The Bertz CT molecular complexity index is 926. The molecule has 1 heterocycles. The van der Waals surface area contributed by atoms with Gasteiger partial charge in [0.15, 0.2) is 0 Å². The number of amides is 1. The number of esters is 1. The van der Waals surface area contributed by atoms with Crippen LogP contribution in [0.3, 0.4) is 0 Å². The third-order valence-corrected chi connectivity index (χ3v) is 4.52. The second kappa shape index (κ2) is 7.45. The number of nitrogens with zero attached hydrogens (tertiary/aromatic N) is 1. The van der Waals surface area contributed by atoms with Crippen LogP contribution in [-0.4, -0.2) is 23.9 Å². The Morgan fingerprint density at radius 2 is 2.04 bits per heavy atom. The van der Waals surface area contributed by atoms with Crippen LogP contribution in [0.1, 0.15) is 40.9 Å². The Morgan fingerprint density at radius 3 is 2.74 bits per heavy atom. The zero-order valence-electron chi connectivity index (χ0n) is 14.9. The summed E-state index contributed by atoms with van der Waals surface area (Å²) in [7, 11) is 1.23. The number of anilines is 2. The van der Waals surface area contributed by atoms with E-state index in [0.29, 0.717) is 18.5 Å². The van der Waals surface area contributed by atoms with Gasteiger partial charge in [0.25, 0.3) is 5.69 Å². The monoisotopic (exact) mass is 369 g/mol. The first-order valence-corrected chi connectivity index (χ1v) is 8.45. The van der Waals surface area contributed by atoms with Crippen LogP contribution in [0.25, 0.3) is 0 Å². The Balaban J connectivity index is 1.87. The van der Waals surface area contributed by atoms with Gasteiger partial charge in [0.1, 0.15) is 0 Å². The largest absolute Gasteiger partial charge is 0.465 e. The lowest BCUT2D eigenvalue weighted by molar-refractivity contribution is -0.384. The quantitative estimate of drug-likeness (QED) is 0.474. The van der Waals surface area contributed by atoms with Gasteiger partial charge >= 0.3 is 5.97 Å². The van der Waals surface area contributed by atoms with Gasteiger partial charge in [0, 0.05) is 36.0 Å². The van der Waals surface area contributed by atoms with Crippen molar-refractivity contribution >= 4 is 28.9 Å². The van der Waals surface area contributed by atoms with Crippen LogP contribution in [-0.2, 0) is 16.0 Å². The topological polar surface area (TPSA) is 111 Å².